The van der Waals surface area contributed by atoms with E-state index >= 15 is 0 Å². The van der Waals surface area contributed by atoms with Crippen LogP contribution in [0.5, 0.6) is 0 Å². The zero-order valence-electron chi connectivity index (χ0n) is 10.5. The Morgan fingerprint density at radius 3 is 2.62 bits per heavy atom. The maximum Gasteiger partial charge on any atom is 0.0795 e. The maximum atomic E-state index is 4.37. The molecule has 1 aromatic rings. The van der Waals surface area contributed by atoms with Gasteiger partial charge >= 0.3 is 0 Å². The summed E-state index contributed by atoms with van der Waals surface area (Å²) in [6.45, 7) is 2.26. The van der Waals surface area contributed by atoms with Crippen molar-refractivity contribution in [3.8, 4) is 0 Å². The van der Waals surface area contributed by atoms with Crippen molar-refractivity contribution in [2.75, 3.05) is 7.05 Å². The number of rotatable bonds is 9. The largest absolute Gasteiger partial charge is 0.312 e. The van der Waals surface area contributed by atoms with Crippen LogP contribution in [-0.2, 0) is 0 Å². The predicted octanol–water partition coefficient (Wildman–Crippen LogP) is 4.15. The molecule has 0 saturated carbocycles. The lowest BCUT2D eigenvalue weighted by molar-refractivity contribution is 0.491. The van der Waals surface area contributed by atoms with Gasteiger partial charge in [-0.3, -0.25) is 0 Å². The van der Waals surface area contributed by atoms with Crippen molar-refractivity contribution in [2.45, 2.75) is 57.9 Å². The number of thiazole rings is 1. The van der Waals surface area contributed by atoms with Crippen LogP contribution in [0.25, 0.3) is 0 Å². The van der Waals surface area contributed by atoms with E-state index in [2.05, 4.69) is 22.6 Å². The molecule has 1 atom stereocenters. The Labute approximate surface area is 103 Å². The van der Waals surface area contributed by atoms with Crippen molar-refractivity contribution in [1.29, 1.82) is 0 Å². The van der Waals surface area contributed by atoms with Crippen LogP contribution in [0.1, 0.15) is 63.6 Å². The molecule has 0 radical (unpaired) electrons. The highest BCUT2D eigenvalue weighted by Gasteiger charge is 2.09. The first kappa shape index (κ1) is 13.7. The van der Waals surface area contributed by atoms with Gasteiger partial charge in [-0.2, -0.15) is 0 Å². The van der Waals surface area contributed by atoms with Gasteiger partial charge in [-0.1, -0.05) is 45.4 Å². The zero-order chi connectivity index (χ0) is 11.6. The maximum absolute atomic E-state index is 4.37. The van der Waals surface area contributed by atoms with Crippen molar-refractivity contribution in [1.82, 2.24) is 10.3 Å². The molecule has 0 fully saturated rings. The van der Waals surface area contributed by atoms with Crippen LogP contribution in [0.4, 0.5) is 0 Å². The van der Waals surface area contributed by atoms with E-state index in [1.54, 1.807) is 11.3 Å². The van der Waals surface area contributed by atoms with Gasteiger partial charge in [0.1, 0.15) is 0 Å². The molecule has 1 heterocycles. The summed E-state index contributed by atoms with van der Waals surface area (Å²) in [5.74, 6) is 0. The summed E-state index contributed by atoms with van der Waals surface area (Å²) in [4.78, 5) is 4.37. The van der Waals surface area contributed by atoms with Gasteiger partial charge in [0.25, 0.3) is 0 Å². The van der Waals surface area contributed by atoms with Crippen LogP contribution in [0.15, 0.2) is 10.9 Å². The number of nitrogens with one attached hydrogen (secondary N) is 1. The zero-order valence-corrected chi connectivity index (χ0v) is 11.4. The molecule has 2 nitrogen and oxygen atoms in total. The van der Waals surface area contributed by atoms with Gasteiger partial charge in [0, 0.05) is 5.38 Å². The third-order valence-electron chi connectivity index (χ3n) is 3.00. The number of hydrogen-bond acceptors (Lipinski definition) is 3. The summed E-state index contributed by atoms with van der Waals surface area (Å²) in [5, 5.41) is 5.50. The minimum atomic E-state index is 0.456. The van der Waals surface area contributed by atoms with Crippen LogP contribution in [0.2, 0.25) is 0 Å². The molecule has 0 aliphatic rings. The standard InChI is InChI=1S/C13H24N2S/c1-3-4-5-6-7-8-9-12(14-2)13-10-16-11-15-13/h10-12,14H,3-9H2,1-2H3. The predicted molar refractivity (Wildman–Crippen MR) is 71.9 cm³/mol. The lowest BCUT2D eigenvalue weighted by Gasteiger charge is -2.13. The molecule has 0 amide bonds. The second-order valence-electron chi connectivity index (χ2n) is 4.31. The molecule has 0 aliphatic carbocycles. The molecule has 1 aromatic heterocycles. The van der Waals surface area contributed by atoms with Crippen LogP contribution >= 0.6 is 11.3 Å². The first-order valence-corrected chi connectivity index (χ1v) is 7.38. The number of unbranched alkanes of at least 4 members (excludes halogenated alkanes) is 5. The van der Waals surface area contributed by atoms with Crippen molar-refractivity contribution in [3.63, 3.8) is 0 Å². The Bertz CT molecular complexity index is 246. The van der Waals surface area contributed by atoms with E-state index in [-0.39, 0.29) is 0 Å². The van der Waals surface area contributed by atoms with E-state index in [1.807, 2.05) is 12.6 Å². The van der Waals surface area contributed by atoms with Crippen LogP contribution in [0, 0.1) is 0 Å². The summed E-state index contributed by atoms with van der Waals surface area (Å²) < 4.78 is 0. The fraction of sp³-hybridized carbons (Fsp3) is 0.769. The first-order chi connectivity index (χ1) is 7.88. The quantitative estimate of drug-likeness (QED) is 0.656. The Morgan fingerprint density at radius 1 is 1.25 bits per heavy atom. The van der Waals surface area contributed by atoms with Crippen molar-refractivity contribution >= 4 is 11.3 Å². The van der Waals surface area contributed by atoms with Gasteiger partial charge in [0.15, 0.2) is 0 Å². The Balaban J connectivity index is 2.11. The third kappa shape index (κ3) is 5.08. The Kier molecular flexibility index (Phi) is 7.43. The third-order valence-corrected chi connectivity index (χ3v) is 3.61. The number of aromatic nitrogens is 1. The molecule has 0 saturated heterocycles. The van der Waals surface area contributed by atoms with Gasteiger partial charge < -0.3 is 5.32 Å². The second-order valence-corrected chi connectivity index (χ2v) is 5.03. The average Bonchev–Trinajstić information content (AvgIpc) is 2.82. The van der Waals surface area contributed by atoms with Crippen molar-refractivity contribution < 1.29 is 0 Å². The van der Waals surface area contributed by atoms with Gasteiger partial charge in [0.2, 0.25) is 0 Å². The normalized spacial score (nSPS) is 12.9. The van der Waals surface area contributed by atoms with Crippen molar-refractivity contribution in [2.24, 2.45) is 0 Å². The lowest BCUT2D eigenvalue weighted by atomic mass is 10.0. The Morgan fingerprint density at radius 2 is 2.00 bits per heavy atom. The molecule has 3 heteroatoms. The summed E-state index contributed by atoms with van der Waals surface area (Å²) >= 11 is 1.68. The van der Waals surface area contributed by atoms with Crippen LogP contribution in [-0.4, -0.2) is 12.0 Å². The minimum Gasteiger partial charge on any atom is -0.312 e. The van der Waals surface area contributed by atoms with E-state index < -0.39 is 0 Å². The molecule has 0 spiro atoms. The summed E-state index contributed by atoms with van der Waals surface area (Å²) in [7, 11) is 2.03. The van der Waals surface area contributed by atoms with Gasteiger partial charge in [-0.25, -0.2) is 4.98 Å². The molecule has 1 N–H and O–H groups in total. The minimum absolute atomic E-state index is 0.456. The highest BCUT2D eigenvalue weighted by atomic mass is 32.1. The van der Waals surface area contributed by atoms with Gasteiger partial charge in [-0.15, -0.1) is 11.3 Å². The molecular weight excluding hydrogens is 216 g/mol. The average molecular weight is 240 g/mol. The van der Waals surface area contributed by atoms with E-state index in [0.717, 1.165) is 0 Å². The topological polar surface area (TPSA) is 24.9 Å². The molecule has 16 heavy (non-hydrogen) atoms. The van der Waals surface area contributed by atoms with E-state index in [1.165, 1.54) is 50.6 Å². The molecule has 0 aliphatic heterocycles. The summed E-state index contributed by atoms with van der Waals surface area (Å²) in [6, 6.07) is 0.456. The molecule has 92 valence electrons. The fourth-order valence-corrected chi connectivity index (χ4v) is 2.57. The van der Waals surface area contributed by atoms with E-state index in [0.29, 0.717) is 6.04 Å². The SMILES string of the molecule is CCCCCCCCC(NC)c1cscn1. The monoisotopic (exact) mass is 240 g/mol. The summed E-state index contributed by atoms with van der Waals surface area (Å²) in [6.07, 6.45) is 9.40. The molecule has 1 unspecified atom stereocenters. The molecule has 0 aromatic carbocycles. The lowest BCUT2D eigenvalue weighted by Crippen LogP contribution is -2.16. The number of hydrogen-bond donors (Lipinski definition) is 1. The number of nitrogens with zero attached hydrogens (tertiary/aromatic N) is 1. The highest BCUT2D eigenvalue weighted by molar-refractivity contribution is 7.07. The van der Waals surface area contributed by atoms with Gasteiger partial charge in [0.05, 0.1) is 17.2 Å². The molecule has 1 rings (SSSR count). The highest BCUT2D eigenvalue weighted by Crippen LogP contribution is 2.19. The van der Waals surface area contributed by atoms with Gasteiger partial charge in [-0.05, 0) is 13.5 Å². The second kappa shape index (κ2) is 8.71. The molecule has 0 bridgehead atoms. The van der Waals surface area contributed by atoms with E-state index in [9.17, 15) is 0 Å². The summed E-state index contributed by atoms with van der Waals surface area (Å²) in [5.41, 5.74) is 3.13. The first-order valence-electron chi connectivity index (χ1n) is 6.43. The Hall–Kier alpha value is -0.410. The van der Waals surface area contributed by atoms with Crippen LogP contribution in [0.3, 0.4) is 0 Å². The van der Waals surface area contributed by atoms with Crippen molar-refractivity contribution in [3.05, 3.63) is 16.6 Å². The van der Waals surface area contributed by atoms with Crippen LogP contribution < -0.4 is 5.32 Å². The smallest absolute Gasteiger partial charge is 0.0795 e. The molecular formula is C13H24N2S. The fourth-order valence-electron chi connectivity index (χ4n) is 1.96. The van der Waals surface area contributed by atoms with E-state index in [4.69, 9.17) is 0 Å².